The van der Waals surface area contributed by atoms with Gasteiger partial charge in [-0.3, -0.25) is 14.6 Å². The summed E-state index contributed by atoms with van der Waals surface area (Å²) in [5.41, 5.74) is 1.33. The summed E-state index contributed by atoms with van der Waals surface area (Å²) in [6.45, 7) is 2.93. The van der Waals surface area contributed by atoms with Crippen LogP contribution in [0, 0.1) is 0 Å². The van der Waals surface area contributed by atoms with Crippen LogP contribution in [0.4, 0.5) is 0 Å². The molecule has 1 atom stereocenters. The van der Waals surface area contributed by atoms with Crippen LogP contribution in [0.25, 0.3) is 0 Å². The second-order valence-corrected chi connectivity index (χ2v) is 12.2. The van der Waals surface area contributed by atoms with Crippen molar-refractivity contribution in [1.82, 2.24) is 20.5 Å². The maximum absolute atomic E-state index is 13.9. The zero-order valence-corrected chi connectivity index (χ0v) is 28.0. The van der Waals surface area contributed by atoms with Crippen LogP contribution in [-0.4, -0.2) is 75.8 Å². The maximum atomic E-state index is 13.9. The number of nitrogens with one attached hydrogen (secondary N) is 2. The first-order chi connectivity index (χ1) is 21.3. The number of carbonyl (C=O) groups is 2. The lowest BCUT2D eigenvalue weighted by molar-refractivity contribution is -0.127. The molecule has 12 heteroatoms. The number of likely N-dealkylation sites (tertiary alicyclic amines) is 1. The fraction of sp³-hybridized carbons (Fsp3) is 0.424. The van der Waals surface area contributed by atoms with E-state index in [1.807, 2.05) is 29.2 Å². The standard InChI is InChI=1S/C33H38Cl2N4O5.ClH/c1-42-27-18-22(19-28(43-2)29(27)44-3)30(40)39-17-11-32(21-39,24-4-5-25(34)26(35)20-24)8-16-38-31(41)33(9-14-37-15-10-33)23-6-12-36-13-7-23;/h4-7,12-13,18-20,37H,8-11,14-17,21H2,1-3H3,(H,38,41);1H. The molecule has 3 aromatic rings. The molecule has 3 heterocycles. The van der Waals surface area contributed by atoms with E-state index in [-0.39, 0.29) is 24.2 Å². The smallest absolute Gasteiger partial charge is 0.254 e. The molecule has 0 saturated carbocycles. The highest BCUT2D eigenvalue weighted by molar-refractivity contribution is 6.42. The number of piperidine rings is 1. The lowest BCUT2D eigenvalue weighted by Crippen LogP contribution is -2.51. The fourth-order valence-corrected chi connectivity index (χ4v) is 6.90. The van der Waals surface area contributed by atoms with Gasteiger partial charge in [-0.1, -0.05) is 29.3 Å². The minimum absolute atomic E-state index is 0. The number of aromatic nitrogens is 1. The summed E-state index contributed by atoms with van der Waals surface area (Å²) in [5.74, 6) is 1.11. The van der Waals surface area contributed by atoms with Crippen molar-refractivity contribution < 1.29 is 23.8 Å². The minimum atomic E-state index is -0.616. The van der Waals surface area contributed by atoms with Crippen LogP contribution < -0.4 is 24.8 Å². The van der Waals surface area contributed by atoms with Gasteiger partial charge in [0.1, 0.15) is 0 Å². The zero-order valence-electron chi connectivity index (χ0n) is 25.7. The molecule has 5 rings (SSSR count). The van der Waals surface area contributed by atoms with Gasteiger partial charge >= 0.3 is 0 Å². The normalized spacial score (nSPS) is 18.9. The van der Waals surface area contributed by atoms with Crippen LogP contribution in [0.1, 0.15) is 47.2 Å². The molecule has 2 saturated heterocycles. The first kappa shape index (κ1) is 34.6. The summed E-state index contributed by atoms with van der Waals surface area (Å²) in [5, 5.41) is 7.55. The predicted molar refractivity (Wildman–Crippen MR) is 178 cm³/mol. The molecule has 1 aromatic heterocycles. The van der Waals surface area contributed by atoms with Gasteiger partial charge in [-0.15, -0.1) is 12.4 Å². The van der Waals surface area contributed by atoms with Crippen molar-refractivity contribution in [1.29, 1.82) is 0 Å². The Labute approximate surface area is 280 Å². The van der Waals surface area contributed by atoms with E-state index in [0.717, 1.165) is 24.2 Å². The van der Waals surface area contributed by atoms with Gasteiger partial charge in [-0.25, -0.2) is 0 Å². The van der Waals surface area contributed by atoms with Gasteiger partial charge < -0.3 is 29.7 Å². The molecule has 2 fully saturated rings. The van der Waals surface area contributed by atoms with Crippen molar-refractivity contribution in [3.8, 4) is 17.2 Å². The SMILES string of the molecule is COc1cc(C(=O)N2CCC(CCNC(=O)C3(c4ccncc4)CCNCC3)(c3ccc(Cl)c(Cl)c3)C2)cc(OC)c1OC.Cl. The van der Waals surface area contributed by atoms with E-state index in [1.165, 1.54) is 21.3 Å². The van der Waals surface area contributed by atoms with Crippen LogP contribution in [0.3, 0.4) is 0 Å². The Morgan fingerprint density at radius 2 is 1.58 bits per heavy atom. The molecule has 2 aliphatic rings. The molecule has 0 radical (unpaired) electrons. The van der Waals surface area contributed by atoms with Gasteiger partial charge in [0.15, 0.2) is 11.5 Å². The molecule has 9 nitrogen and oxygen atoms in total. The van der Waals surface area contributed by atoms with E-state index in [1.54, 1.807) is 30.6 Å². The molecule has 2 N–H and O–H groups in total. The van der Waals surface area contributed by atoms with Crippen molar-refractivity contribution >= 4 is 47.4 Å². The number of carbonyl (C=O) groups excluding carboxylic acids is 2. The monoisotopic (exact) mass is 676 g/mol. The van der Waals surface area contributed by atoms with Crippen LogP contribution in [0.2, 0.25) is 10.0 Å². The van der Waals surface area contributed by atoms with Crippen molar-refractivity contribution in [2.24, 2.45) is 0 Å². The number of amides is 2. The van der Waals surface area contributed by atoms with Crippen molar-refractivity contribution in [3.05, 3.63) is 81.6 Å². The summed E-state index contributed by atoms with van der Waals surface area (Å²) in [4.78, 5) is 33.7. The van der Waals surface area contributed by atoms with Gasteiger partial charge in [0.05, 0.1) is 36.8 Å². The van der Waals surface area contributed by atoms with E-state index in [2.05, 4.69) is 15.6 Å². The summed E-state index contributed by atoms with van der Waals surface area (Å²) < 4.78 is 16.4. The topological polar surface area (TPSA) is 102 Å². The van der Waals surface area contributed by atoms with E-state index in [0.29, 0.717) is 78.2 Å². The quantitative estimate of drug-likeness (QED) is 0.295. The van der Waals surface area contributed by atoms with Crippen molar-refractivity contribution in [2.75, 3.05) is 54.1 Å². The molecule has 1 unspecified atom stereocenters. The number of hydrogen-bond donors (Lipinski definition) is 2. The highest BCUT2D eigenvalue weighted by Gasteiger charge is 2.44. The summed E-state index contributed by atoms with van der Waals surface area (Å²) in [6.07, 6.45) is 6.19. The molecule has 242 valence electrons. The van der Waals surface area contributed by atoms with Crippen LogP contribution in [-0.2, 0) is 15.6 Å². The summed E-state index contributed by atoms with van der Waals surface area (Å²) in [6, 6.07) is 12.8. The van der Waals surface area contributed by atoms with Crippen LogP contribution >= 0.6 is 35.6 Å². The second-order valence-electron chi connectivity index (χ2n) is 11.4. The third-order valence-electron chi connectivity index (χ3n) is 9.10. The van der Waals surface area contributed by atoms with Gasteiger partial charge in [-0.05, 0) is 86.3 Å². The highest BCUT2D eigenvalue weighted by atomic mass is 35.5. The van der Waals surface area contributed by atoms with Crippen LogP contribution in [0.15, 0.2) is 54.9 Å². The van der Waals surface area contributed by atoms with Crippen molar-refractivity contribution in [3.63, 3.8) is 0 Å². The molecular weight excluding hydrogens is 639 g/mol. The van der Waals surface area contributed by atoms with Gasteiger partial charge in [0, 0.05) is 43.0 Å². The first-order valence-corrected chi connectivity index (χ1v) is 15.5. The Kier molecular flexibility index (Phi) is 11.5. The molecular formula is C33H39Cl3N4O5. The average Bonchev–Trinajstić information content (AvgIpc) is 3.50. The molecule has 0 bridgehead atoms. The van der Waals surface area contributed by atoms with Gasteiger partial charge in [0.25, 0.3) is 5.91 Å². The number of ether oxygens (including phenoxy) is 3. The first-order valence-electron chi connectivity index (χ1n) is 14.7. The molecule has 2 amide bonds. The Morgan fingerprint density at radius 1 is 0.911 bits per heavy atom. The number of rotatable bonds is 10. The molecule has 0 aliphatic carbocycles. The number of methoxy groups -OCH3 is 3. The molecule has 0 spiro atoms. The van der Waals surface area contributed by atoms with Crippen LogP contribution in [0.5, 0.6) is 17.2 Å². The Bertz CT molecular complexity index is 1480. The average molecular weight is 678 g/mol. The number of hydrogen-bond acceptors (Lipinski definition) is 7. The second kappa shape index (κ2) is 14.9. The Morgan fingerprint density at radius 3 is 2.18 bits per heavy atom. The van der Waals surface area contributed by atoms with E-state index in [4.69, 9.17) is 37.4 Å². The summed E-state index contributed by atoms with van der Waals surface area (Å²) in [7, 11) is 4.57. The lowest BCUT2D eigenvalue weighted by Gasteiger charge is -2.37. The number of benzene rings is 2. The lowest BCUT2D eigenvalue weighted by atomic mass is 9.72. The van der Waals surface area contributed by atoms with E-state index >= 15 is 0 Å². The minimum Gasteiger partial charge on any atom is -0.493 e. The van der Waals surface area contributed by atoms with E-state index in [9.17, 15) is 9.59 Å². The fourth-order valence-electron chi connectivity index (χ4n) is 6.60. The largest absolute Gasteiger partial charge is 0.493 e. The number of halogens is 3. The third kappa shape index (κ3) is 6.97. The third-order valence-corrected chi connectivity index (χ3v) is 9.84. The molecule has 2 aromatic carbocycles. The zero-order chi connectivity index (χ0) is 31.3. The van der Waals surface area contributed by atoms with Crippen molar-refractivity contribution in [2.45, 2.75) is 36.5 Å². The molecule has 2 aliphatic heterocycles. The number of nitrogens with zero attached hydrogens (tertiary/aromatic N) is 2. The maximum Gasteiger partial charge on any atom is 0.254 e. The van der Waals surface area contributed by atoms with Gasteiger partial charge in [0.2, 0.25) is 11.7 Å². The Balaban J connectivity index is 0.00000461. The number of pyridine rings is 1. The van der Waals surface area contributed by atoms with Gasteiger partial charge in [-0.2, -0.15) is 0 Å². The predicted octanol–water partition coefficient (Wildman–Crippen LogP) is 5.45. The summed E-state index contributed by atoms with van der Waals surface area (Å²) >= 11 is 12.8. The van der Waals surface area contributed by atoms with E-state index < -0.39 is 10.8 Å². The highest BCUT2D eigenvalue weighted by Crippen LogP contribution is 2.42. The Hall–Kier alpha value is -3.24. The molecule has 45 heavy (non-hydrogen) atoms.